The normalized spacial score (nSPS) is 10.3. The largest absolute Gasteiger partial charge is 0.489 e. The predicted octanol–water partition coefficient (Wildman–Crippen LogP) is 4.94. The second kappa shape index (κ2) is 8.77. The minimum absolute atomic E-state index is 0.466. The Hall–Kier alpha value is -3.19. The van der Waals surface area contributed by atoms with Crippen LogP contribution in [-0.2, 0) is 13.0 Å². The summed E-state index contributed by atoms with van der Waals surface area (Å²) in [5.74, 6) is 1.52. The van der Waals surface area contributed by atoms with Gasteiger partial charge >= 0.3 is 0 Å². The first kappa shape index (κ1) is 17.6. The van der Waals surface area contributed by atoms with Gasteiger partial charge in [-0.05, 0) is 60.4 Å². The summed E-state index contributed by atoms with van der Waals surface area (Å²) >= 11 is 0. The zero-order valence-corrected chi connectivity index (χ0v) is 14.9. The SMILES string of the molecule is CCCCc1cnc(-c2ccc(OCc3ccc(C#N)cc3)cc2)nc1. The summed E-state index contributed by atoms with van der Waals surface area (Å²) in [5.41, 5.74) is 3.83. The van der Waals surface area contributed by atoms with Crippen LogP contribution in [0.5, 0.6) is 5.75 Å². The van der Waals surface area contributed by atoms with Crippen LogP contribution in [0.3, 0.4) is 0 Å². The Bertz CT molecular complexity index is 863. The smallest absolute Gasteiger partial charge is 0.159 e. The Morgan fingerprint density at radius 3 is 2.23 bits per heavy atom. The van der Waals surface area contributed by atoms with Crippen molar-refractivity contribution in [3.63, 3.8) is 0 Å². The van der Waals surface area contributed by atoms with Crippen molar-refractivity contribution in [2.75, 3.05) is 0 Å². The number of aryl methyl sites for hydroxylation is 1. The number of rotatable bonds is 7. The topological polar surface area (TPSA) is 58.8 Å². The van der Waals surface area contributed by atoms with E-state index >= 15 is 0 Å². The van der Waals surface area contributed by atoms with Gasteiger partial charge in [-0.15, -0.1) is 0 Å². The maximum Gasteiger partial charge on any atom is 0.159 e. The average Bonchev–Trinajstić information content (AvgIpc) is 2.72. The van der Waals surface area contributed by atoms with Crippen LogP contribution in [0.1, 0.15) is 36.5 Å². The molecule has 0 atom stereocenters. The molecule has 3 aromatic rings. The van der Waals surface area contributed by atoms with Crippen LogP contribution in [0.4, 0.5) is 0 Å². The number of benzene rings is 2. The lowest BCUT2D eigenvalue weighted by Crippen LogP contribution is -1.96. The second-order valence-electron chi connectivity index (χ2n) is 6.14. The third kappa shape index (κ3) is 4.67. The number of ether oxygens (including phenoxy) is 1. The monoisotopic (exact) mass is 343 g/mol. The van der Waals surface area contributed by atoms with E-state index in [-0.39, 0.29) is 0 Å². The highest BCUT2D eigenvalue weighted by Gasteiger charge is 2.03. The molecular formula is C22H21N3O. The van der Waals surface area contributed by atoms with Crippen molar-refractivity contribution in [3.8, 4) is 23.2 Å². The Kier molecular flexibility index (Phi) is 5.95. The summed E-state index contributed by atoms with van der Waals surface area (Å²) < 4.78 is 5.80. The Morgan fingerprint density at radius 2 is 1.62 bits per heavy atom. The molecule has 0 saturated heterocycles. The Labute approximate surface area is 154 Å². The summed E-state index contributed by atoms with van der Waals surface area (Å²) in [7, 11) is 0. The first-order chi connectivity index (χ1) is 12.8. The van der Waals surface area contributed by atoms with E-state index in [4.69, 9.17) is 10.00 Å². The summed E-state index contributed by atoms with van der Waals surface area (Å²) in [6.07, 6.45) is 7.18. The average molecular weight is 343 g/mol. The third-order valence-electron chi connectivity index (χ3n) is 4.13. The van der Waals surface area contributed by atoms with Crippen LogP contribution in [-0.4, -0.2) is 9.97 Å². The fourth-order valence-electron chi connectivity index (χ4n) is 2.56. The van der Waals surface area contributed by atoms with Gasteiger partial charge in [0.1, 0.15) is 12.4 Å². The Morgan fingerprint density at radius 1 is 0.923 bits per heavy atom. The highest BCUT2D eigenvalue weighted by atomic mass is 16.5. The molecule has 130 valence electrons. The van der Waals surface area contributed by atoms with Crippen LogP contribution in [0, 0.1) is 11.3 Å². The number of nitrogens with zero attached hydrogens (tertiary/aromatic N) is 3. The van der Waals surface area contributed by atoms with Gasteiger partial charge in [-0.1, -0.05) is 25.5 Å². The van der Waals surface area contributed by atoms with Gasteiger partial charge in [0.25, 0.3) is 0 Å². The fourth-order valence-corrected chi connectivity index (χ4v) is 2.56. The predicted molar refractivity (Wildman–Crippen MR) is 102 cm³/mol. The molecule has 2 aromatic carbocycles. The van der Waals surface area contributed by atoms with E-state index in [1.807, 2.05) is 48.8 Å². The van der Waals surface area contributed by atoms with E-state index in [1.54, 1.807) is 12.1 Å². The van der Waals surface area contributed by atoms with Gasteiger partial charge in [0.15, 0.2) is 5.82 Å². The molecule has 3 rings (SSSR count). The maximum absolute atomic E-state index is 8.82. The molecule has 0 N–H and O–H groups in total. The van der Waals surface area contributed by atoms with Gasteiger partial charge in [-0.3, -0.25) is 0 Å². The zero-order chi connectivity index (χ0) is 18.2. The molecule has 0 bridgehead atoms. The molecule has 0 spiro atoms. The van der Waals surface area contributed by atoms with Crippen molar-refractivity contribution in [2.24, 2.45) is 0 Å². The minimum Gasteiger partial charge on any atom is -0.489 e. The van der Waals surface area contributed by atoms with Crippen molar-refractivity contribution in [1.82, 2.24) is 9.97 Å². The molecule has 0 radical (unpaired) electrons. The molecule has 0 aliphatic carbocycles. The van der Waals surface area contributed by atoms with Gasteiger partial charge in [0.2, 0.25) is 0 Å². The van der Waals surface area contributed by atoms with Gasteiger partial charge in [0.05, 0.1) is 11.6 Å². The van der Waals surface area contributed by atoms with Crippen LogP contribution >= 0.6 is 0 Å². The van der Waals surface area contributed by atoms with Crippen molar-refractivity contribution in [1.29, 1.82) is 5.26 Å². The third-order valence-corrected chi connectivity index (χ3v) is 4.13. The van der Waals surface area contributed by atoms with E-state index < -0.39 is 0 Å². The molecule has 0 aliphatic rings. The first-order valence-electron chi connectivity index (χ1n) is 8.81. The zero-order valence-electron chi connectivity index (χ0n) is 14.9. The maximum atomic E-state index is 8.82. The second-order valence-corrected chi connectivity index (χ2v) is 6.14. The first-order valence-corrected chi connectivity index (χ1v) is 8.81. The van der Waals surface area contributed by atoms with Gasteiger partial charge in [-0.25, -0.2) is 9.97 Å². The van der Waals surface area contributed by atoms with E-state index in [1.165, 1.54) is 12.0 Å². The lowest BCUT2D eigenvalue weighted by atomic mass is 10.1. The summed E-state index contributed by atoms with van der Waals surface area (Å²) in [6, 6.07) is 17.3. The van der Waals surface area contributed by atoms with E-state index in [9.17, 15) is 0 Å². The lowest BCUT2D eigenvalue weighted by molar-refractivity contribution is 0.306. The lowest BCUT2D eigenvalue weighted by Gasteiger charge is -2.07. The van der Waals surface area contributed by atoms with Crippen molar-refractivity contribution in [2.45, 2.75) is 32.8 Å². The molecule has 1 heterocycles. The van der Waals surface area contributed by atoms with E-state index in [2.05, 4.69) is 23.0 Å². The number of unbranched alkanes of at least 4 members (excludes halogenated alkanes) is 1. The molecule has 0 aliphatic heterocycles. The molecular weight excluding hydrogens is 322 g/mol. The van der Waals surface area contributed by atoms with Crippen LogP contribution < -0.4 is 4.74 Å². The van der Waals surface area contributed by atoms with Crippen molar-refractivity contribution < 1.29 is 4.74 Å². The summed E-state index contributed by atoms with van der Waals surface area (Å²) in [4.78, 5) is 8.93. The molecule has 0 saturated carbocycles. The van der Waals surface area contributed by atoms with Gasteiger partial charge < -0.3 is 4.74 Å². The highest BCUT2D eigenvalue weighted by molar-refractivity contribution is 5.55. The molecule has 0 fully saturated rings. The van der Waals surface area contributed by atoms with Gasteiger partial charge in [-0.2, -0.15) is 5.26 Å². The quantitative estimate of drug-likeness (QED) is 0.610. The van der Waals surface area contributed by atoms with Crippen LogP contribution in [0.25, 0.3) is 11.4 Å². The Balaban J connectivity index is 1.60. The molecule has 0 amide bonds. The van der Waals surface area contributed by atoms with Crippen LogP contribution in [0.15, 0.2) is 60.9 Å². The summed E-state index contributed by atoms with van der Waals surface area (Å²) in [6.45, 7) is 2.65. The number of hydrogen-bond donors (Lipinski definition) is 0. The number of nitriles is 1. The van der Waals surface area contributed by atoms with E-state index in [0.29, 0.717) is 12.2 Å². The molecule has 4 nitrogen and oxygen atoms in total. The number of aromatic nitrogens is 2. The molecule has 4 heteroatoms. The molecule has 1 aromatic heterocycles. The van der Waals surface area contributed by atoms with E-state index in [0.717, 1.165) is 35.5 Å². The summed E-state index contributed by atoms with van der Waals surface area (Å²) in [5, 5.41) is 8.82. The molecule has 26 heavy (non-hydrogen) atoms. The standard InChI is InChI=1S/C22H21N3O/c1-2-3-4-19-14-24-22(25-15-19)20-9-11-21(12-10-20)26-16-18-7-5-17(13-23)6-8-18/h5-12,14-15H,2-4,16H2,1H3. The minimum atomic E-state index is 0.466. The number of hydrogen-bond acceptors (Lipinski definition) is 4. The fraction of sp³-hybridized carbons (Fsp3) is 0.227. The molecule has 0 unspecified atom stereocenters. The highest BCUT2D eigenvalue weighted by Crippen LogP contribution is 2.20. The van der Waals surface area contributed by atoms with Crippen molar-refractivity contribution >= 4 is 0 Å². The van der Waals surface area contributed by atoms with Crippen molar-refractivity contribution in [3.05, 3.63) is 77.6 Å². The van der Waals surface area contributed by atoms with Crippen LogP contribution in [0.2, 0.25) is 0 Å². The van der Waals surface area contributed by atoms with Gasteiger partial charge in [0, 0.05) is 18.0 Å².